The van der Waals surface area contributed by atoms with Gasteiger partial charge in [-0.25, -0.2) is 8.42 Å². The van der Waals surface area contributed by atoms with Gasteiger partial charge in [0.15, 0.2) is 9.84 Å². The zero-order valence-electron chi connectivity index (χ0n) is 14.1. The van der Waals surface area contributed by atoms with Gasteiger partial charge in [-0.2, -0.15) is 10.4 Å². The average Bonchev–Trinajstić information content (AvgIpc) is 3.28. The third kappa shape index (κ3) is 2.99. The Morgan fingerprint density at radius 3 is 2.69 bits per heavy atom. The molecule has 1 unspecified atom stereocenters. The molecule has 0 radical (unpaired) electrons. The van der Waals surface area contributed by atoms with Crippen LogP contribution >= 0.6 is 0 Å². The molecule has 1 amide bonds. The van der Waals surface area contributed by atoms with E-state index in [0.29, 0.717) is 23.4 Å². The molecule has 1 aromatic carbocycles. The van der Waals surface area contributed by atoms with Crippen molar-refractivity contribution in [2.45, 2.75) is 31.7 Å². The van der Waals surface area contributed by atoms with Crippen LogP contribution in [0.1, 0.15) is 46.2 Å². The van der Waals surface area contributed by atoms with Crippen LogP contribution in [0.4, 0.5) is 5.69 Å². The lowest BCUT2D eigenvalue weighted by atomic mass is 10.1. The van der Waals surface area contributed by atoms with Gasteiger partial charge in [-0.3, -0.25) is 9.48 Å². The summed E-state index contributed by atoms with van der Waals surface area (Å²) in [5.74, 6) is -0.113. The Morgan fingerprint density at radius 2 is 2.04 bits per heavy atom. The molecule has 2 aromatic rings. The van der Waals surface area contributed by atoms with Crippen molar-refractivity contribution in [2.24, 2.45) is 0 Å². The average molecular weight is 370 g/mol. The number of carbonyl (C=O) groups excluding carboxylic acids is 1. The highest BCUT2D eigenvalue weighted by Gasteiger charge is 2.35. The summed E-state index contributed by atoms with van der Waals surface area (Å²) in [4.78, 5) is 12.9. The van der Waals surface area contributed by atoms with Gasteiger partial charge in [0.2, 0.25) is 0 Å². The minimum absolute atomic E-state index is 0.0324. The highest BCUT2D eigenvalue weighted by atomic mass is 32.2. The fraction of sp³-hybridized carbons (Fsp3) is 0.389. The number of nitrogens with one attached hydrogen (secondary N) is 1. The first-order valence-corrected chi connectivity index (χ1v) is 10.4. The summed E-state index contributed by atoms with van der Waals surface area (Å²) < 4.78 is 25.3. The molecular weight excluding hydrogens is 352 g/mol. The molecule has 7 nitrogen and oxygen atoms in total. The van der Waals surface area contributed by atoms with Crippen LogP contribution in [-0.2, 0) is 22.7 Å². The van der Waals surface area contributed by atoms with E-state index >= 15 is 0 Å². The van der Waals surface area contributed by atoms with E-state index in [0.717, 1.165) is 30.5 Å². The van der Waals surface area contributed by atoms with Gasteiger partial charge in [-0.05, 0) is 49.9 Å². The first kappa shape index (κ1) is 16.8. The van der Waals surface area contributed by atoms with Crippen molar-refractivity contribution in [1.29, 1.82) is 5.26 Å². The van der Waals surface area contributed by atoms with Crippen molar-refractivity contribution in [3.63, 3.8) is 0 Å². The maximum Gasteiger partial charge on any atom is 0.274 e. The second-order valence-electron chi connectivity index (χ2n) is 6.77. The van der Waals surface area contributed by atoms with E-state index < -0.39 is 9.84 Å². The Morgan fingerprint density at radius 1 is 1.27 bits per heavy atom. The van der Waals surface area contributed by atoms with Crippen LogP contribution in [0.25, 0.3) is 0 Å². The number of nitrogens with zero attached hydrogens (tertiary/aromatic N) is 3. The van der Waals surface area contributed by atoms with Gasteiger partial charge in [0.05, 0.1) is 34.9 Å². The lowest BCUT2D eigenvalue weighted by molar-refractivity contribution is 0.101. The fourth-order valence-electron chi connectivity index (χ4n) is 3.70. The number of nitriles is 1. The summed E-state index contributed by atoms with van der Waals surface area (Å²) in [6, 6.07) is 8.39. The minimum atomic E-state index is -3.07. The predicted molar refractivity (Wildman–Crippen MR) is 95.7 cm³/mol. The fourth-order valence-corrected chi connectivity index (χ4v) is 5.40. The molecule has 2 aliphatic rings. The maximum atomic E-state index is 12.9. The number of benzene rings is 1. The number of anilines is 1. The van der Waals surface area contributed by atoms with Crippen LogP contribution in [0, 0.1) is 11.3 Å². The van der Waals surface area contributed by atoms with Crippen LogP contribution in [0.15, 0.2) is 24.3 Å². The van der Waals surface area contributed by atoms with Crippen molar-refractivity contribution in [3.8, 4) is 6.07 Å². The summed E-state index contributed by atoms with van der Waals surface area (Å²) in [7, 11) is -3.07. The van der Waals surface area contributed by atoms with E-state index in [1.54, 1.807) is 28.9 Å². The molecule has 1 fully saturated rings. The highest BCUT2D eigenvalue weighted by molar-refractivity contribution is 7.91. The third-order valence-electron chi connectivity index (χ3n) is 4.97. The summed E-state index contributed by atoms with van der Waals surface area (Å²) in [6.45, 7) is 0. The summed E-state index contributed by atoms with van der Waals surface area (Å²) >= 11 is 0. The number of aromatic nitrogens is 2. The van der Waals surface area contributed by atoms with Crippen LogP contribution in [0.5, 0.6) is 0 Å². The lowest BCUT2D eigenvalue weighted by Crippen LogP contribution is -2.23. The smallest absolute Gasteiger partial charge is 0.274 e. The van der Waals surface area contributed by atoms with E-state index in [1.165, 1.54) is 0 Å². The Bertz CT molecular complexity index is 1020. The Labute approximate surface area is 151 Å². The molecule has 2 heterocycles. The van der Waals surface area contributed by atoms with Crippen molar-refractivity contribution in [3.05, 3.63) is 46.8 Å². The van der Waals surface area contributed by atoms with Crippen LogP contribution in [0.2, 0.25) is 0 Å². The van der Waals surface area contributed by atoms with Crippen molar-refractivity contribution in [2.75, 3.05) is 16.8 Å². The van der Waals surface area contributed by atoms with Gasteiger partial charge in [0.1, 0.15) is 5.69 Å². The molecule has 1 saturated heterocycles. The molecule has 0 bridgehead atoms. The molecule has 0 spiro atoms. The Kier molecular flexibility index (Phi) is 4.04. The van der Waals surface area contributed by atoms with Gasteiger partial charge in [-0.15, -0.1) is 0 Å². The molecule has 134 valence electrons. The van der Waals surface area contributed by atoms with Gasteiger partial charge in [-0.1, -0.05) is 0 Å². The van der Waals surface area contributed by atoms with Crippen molar-refractivity contribution in [1.82, 2.24) is 9.78 Å². The normalized spacial score (nSPS) is 20.5. The number of carbonyl (C=O) groups is 1. The van der Waals surface area contributed by atoms with Crippen LogP contribution in [0.3, 0.4) is 0 Å². The van der Waals surface area contributed by atoms with E-state index in [9.17, 15) is 13.2 Å². The first-order valence-electron chi connectivity index (χ1n) is 8.59. The Hall–Kier alpha value is -2.66. The molecule has 26 heavy (non-hydrogen) atoms. The van der Waals surface area contributed by atoms with Crippen LogP contribution in [-0.4, -0.2) is 35.6 Å². The summed E-state index contributed by atoms with van der Waals surface area (Å²) in [6.07, 6.45) is 3.04. The third-order valence-corrected chi connectivity index (χ3v) is 6.72. The lowest BCUT2D eigenvalue weighted by Gasteiger charge is -2.14. The number of aryl methyl sites for hydroxylation is 1. The number of sulfone groups is 1. The van der Waals surface area contributed by atoms with Gasteiger partial charge >= 0.3 is 0 Å². The molecule has 8 heteroatoms. The van der Waals surface area contributed by atoms with E-state index in [1.807, 2.05) is 6.07 Å². The highest BCUT2D eigenvalue weighted by Crippen LogP contribution is 2.31. The first-order chi connectivity index (χ1) is 12.5. The monoisotopic (exact) mass is 370 g/mol. The standard InChI is InChI=1S/C18H18N4O3S/c19-10-12-4-6-13(7-5-12)20-18(23)17-15-2-1-3-16(15)21-22(17)14-8-9-26(24,25)11-14/h4-7,14H,1-3,8-9,11H2,(H,20,23). The van der Waals surface area contributed by atoms with Gasteiger partial charge in [0, 0.05) is 11.3 Å². The minimum Gasteiger partial charge on any atom is -0.321 e. The zero-order chi connectivity index (χ0) is 18.3. The predicted octanol–water partition coefficient (Wildman–Crippen LogP) is 1.86. The molecule has 1 atom stereocenters. The van der Waals surface area contributed by atoms with Crippen molar-refractivity contribution >= 4 is 21.4 Å². The quantitative estimate of drug-likeness (QED) is 0.888. The Balaban J connectivity index is 1.66. The molecule has 1 N–H and O–H groups in total. The second-order valence-corrected chi connectivity index (χ2v) is 9.00. The molecule has 4 rings (SSSR count). The molecule has 1 aromatic heterocycles. The van der Waals surface area contributed by atoms with Gasteiger partial charge in [0.25, 0.3) is 5.91 Å². The second kappa shape index (κ2) is 6.25. The summed E-state index contributed by atoms with van der Waals surface area (Å²) in [5.41, 5.74) is 3.42. The largest absolute Gasteiger partial charge is 0.321 e. The summed E-state index contributed by atoms with van der Waals surface area (Å²) in [5, 5.41) is 16.3. The van der Waals surface area contributed by atoms with Gasteiger partial charge < -0.3 is 5.32 Å². The van der Waals surface area contributed by atoms with Crippen LogP contribution < -0.4 is 5.32 Å². The SMILES string of the molecule is N#Cc1ccc(NC(=O)c2c3c(nn2C2CCS(=O)(=O)C2)CCC3)cc1. The van der Waals surface area contributed by atoms with E-state index in [4.69, 9.17) is 5.26 Å². The molecule has 1 aliphatic heterocycles. The molecule has 1 aliphatic carbocycles. The number of hydrogen-bond donors (Lipinski definition) is 1. The maximum absolute atomic E-state index is 12.9. The van der Waals surface area contributed by atoms with E-state index in [-0.39, 0.29) is 23.5 Å². The number of fused-ring (bicyclic) bond motifs is 1. The molecular formula is C18H18N4O3S. The zero-order valence-corrected chi connectivity index (χ0v) is 14.9. The molecule has 0 saturated carbocycles. The topological polar surface area (TPSA) is 105 Å². The van der Waals surface area contributed by atoms with Crippen molar-refractivity contribution < 1.29 is 13.2 Å². The number of rotatable bonds is 3. The van der Waals surface area contributed by atoms with E-state index in [2.05, 4.69) is 10.4 Å². The number of hydrogen-bond acceptors (Lipinski definition) is 5. The number of amides is 1.